The first-order valence-corrected chi connectivity index (χ1v) is 12.4. The van der Waals surface area contributed by atoms with Gasteiger partial charge in [-0.15, -0.1) is 0 Å². The van der Waals surface area contributed by atoms with E-state index in [4.69, 9.17) is 9.16 Å². The quantitative estimate of drug-likeness (QED) is 0.560. The van der Waals surface area contributed by atoms with Crippen LogP contribution in [0.25, 0.3) is 0 Å². The second-order valence-electron chi connectivity index (χ2n) is 9.78. The first-order valence-electron chi connectivity index (χ1n) is 9.49. The fourth-order valence-corrected chi connectivity index (χ4v) is 4.15. The van der Waals surface area contributed by atoms with Crippen molar-refractivity contribution in [3.8, 4) is 0 Å². The molecule has 1 rings (SSSR count). The summed E-state index contributed by atoms with van der Waals surface area (Å²) in [7, 11) is -0.760. The molecule has 1 fully saturated rings. The Morgan fingerprint density at radius 2 is 1.74 bits per heavy atom. The summed E-state index contributed by atoms with van der Waals surface area (Å²) in [6.45, 7) is 16.5. The Labute approximate surface area is 164 Å². The number of carbonyl (C=O) groups is 2. The Morgan fingerprint density at radius 1 is 1.19 bits per heavy atom. The third-order valence-corrected chi connectivity index (χ3v) is 9.78. The van der Waals surface area contributed by atoms with E-state index in [9.17, 15) is 14.7 Å². The van der Waals surface area contributed by atoms with Crippen LogP contribution in [0, 0.1) is 0 Å². The Bertz CT molecular complexity index is 537. The van der Waals surface area contributed by atoms with Gasteiger partial charge in [0.25, 0.3) is 0 Å². The minimum absolute atomic E-state index is 0.0342. The highest BCUT2D eigenvalue weighted by Gasteiger charge is 2.46. The minimum atomic E-state index is -2.04. The summed E-state index contributed by atoms with van der Waals surface area (Å²) in [5.74, 6) is -0.514. The molecule has 0 aromatic carbocycles. The first kappa shape index (κ1) is 23.9. The Morgan fingerprint density at radius 3 is 2.19 bits per heavy atom. The molecule has 158 valence electrons. The van der Waals surface area contributed by atoms with Crippen LogP contribution in [-0.4, -0.2) is 67.9 Å². The number of aliphatic hydroxyl groups is 1. The molecule has 7 nitrogen and oxygen atoms in total. The zero-order chi connectivity index (χ0) is 21.2. The van der Waals surface area contributed by atoms with E-state index in [1.54, 1.807) is 20.8 Å². The Kier molecular flexibility index (Phi) is 7.52. The van der Waals surface area contributed by atoms with Crippen LogP contribution in [0.4, 0.5) is 4.79 Å². The Balaban J connectivity index is 2.98. The van der Waals surface area contributed by atoms with Crippen LogP contribution >= 0.6 is 0 Å². The van der Waals surface area contributed by atoms with Gasteiger partial charge in [-0.1, -0.05) is 20.8 Å². The predicted octanol–water partition coefficient (Wildman–Crippen LogP) is 3.31. The smallest absolute Gasteiger partial charge is 0.410 e. The molecule has 0 aromatic heterocycles. The van der Waals surface area contributed by atoms with Crippen LogP contribution in [0.5, 0.6) is 0 Å². The highest BCUT2D eigenvalue weighted by atomic mass is 28.4. The summed E-state index contributed by atoms with van der Waals surface area (Å²) in [6, 6.07) is -0.547. The number of amides is 1. The van der Waals surface area contributed by atoms with Crippen molar-refractivity contribution in [1.29, 1.82) is 0 Å². The van der Waals surface area contributed by atoms with Crippen LogP contribution < -0.4 is 0 Å². The highest BCUT2D eigenvalue weighted by Crippen LogP contribution is 2.39. The van der Waals surface area contributed by atoms with E-state index in [0.29, 0.717) is 13.0 Å². The molecule has 1 N–H and O–H groups in total. The number of hydrogen-bond acceptors (Lipinski definition) is 6. The average molecular weight is 404 g/mol. The van der Waals surface area contributed by atoms with Crippen LogP contribution in [0.2, 0.25) is 18.1 Å². The lowest BCUT2D eigenvalue weighted by Crippen LogP contribution is -2.46. The molecule has 1 heterocycles. The Hall–Kier alpha value is -1.12. The molecule has 0 bridgehead atoms. The summed E-state index contributed by atoms with van der Waals surface area (Å²) in [6.07, 6.45) is -1.44. The summed E-state index contributed by atoms with van der Waals surface area (Å²) >= 11 is 0. The number of carbonyl (C=O) groups excluding carboxylic acids is 2. The van der Waals surface area contributed by atoms with E-state index in [-0.39, 0.29) is 17.6 Å². The maximum Gasteiger partial charge on any atom is 0.410 e. The number of nitrogens with zero attached hydrogens (tertiary/aromatic N) is 1. The van der Waals surface area contributed by atoms with Crippen LogP contribution in [0.1, 0.15) is 54.4 Å². The van der Waals surface area contributed by atoms with Gasteiger partial charge in [0.1, 0.15) is 5.60 Å². The molecule has 1 saturated heterocycles. The molecule has 1 unspecified atom stereocenters. The summed E-state index contributed by atoms with van der Waals surface area (Å²) in [5, 5.41) is 10.6. The monoisotopic (exact) mass is 403 g/mol. The summed E-state index contributed by atoms with van der Waals surface area (Å²) in [5.41, 5.74) is -0.646. The fourth-order valence-electron chi connectivity index (χ4n) is 2.79. The lowest BCUT2D eigenvalue weighted by Gasteiger charge is -2.38. The molecule has 8 heteroatoms. The van der Waals surface area contributed by atoms with Crippen LogP contribution in [0.3, 0.4) is 0 Å². The van der Waals surface area contributed by atoms with Crippen molar-refractivity contribution in [3.63, 3.8) is 0 Å². The van der Waals surface area contributed by atoms with Crippen molar-refractivity contribution in [2.24, 2.45) is 0 Å². The van der Waals surface area contributed by atoms with Gasteiger partial charge in [-0.25, -0.2) is 4.79 Å². The van der Waals surface area contributed by atoms with Crippen molar-refractivity contribution in [1.82, 2.24) is 4.90 Å². The third-order valence-electron chi connectivity index (χ3n) is 5.25. The number of esters is 1. The molecular weight excluding hydrogens is 366 g/mol. The largest absolute Gasteiger partial charge is 0.469 e. The second-order valence-corrected chi connectivity index (χ2v) is 14.5. The number of ether oxygens (including phenoxy) is 2. The maximum absolute atomic E-state index is 12.7. The van der Waals surface area contributed by atoms with E-state index >= 15 is 0 Å². The van der Waals surface area contributed by atoms with Gasteiger partial charge in [-0.05, 0) is 45.3 Å². The molecule has 27 heavy (non-hydrogen) atoms. The van der Waals surface area contributed by atoms with Crippen molar-refractivity contribution in [3.05, 3.63) is 0 Å². The molecule has 1 amide bonds. The predicted molar refractivity (Wildman–Crippen MR) is 106 cm³/mol. The molecule has 0 aromatic rings. The fraction of sp³-hybridized carbons (Fsp3) is 0.895. The van der Waals surface area contributed by atoms with E-state index in [2.05, 4.69) is 38.6 Å². The van der Waals surface area contributed by atoms with Gasteiger partial charge in [0.05, 0.1) is 31.8 Å². The van der Waals surface area contributed by atoms with Crippen molar-refractivity contribution in [2.75, 3.05) is 13.7 Å². The molecule has 1 aliphatic heterocycles. The number of methoxy groups -OCH3 is 1. The van der Waals surface area contributed by atoms with Crippen molar-refractivity contribution >= 4 is 20.4 Å². The maximum atomic E-state index is 12.7. The highest BCUT2D eigenvalue weighted by molar-refractivity contribution is 6.74. The normalized spacial score (nSPS) is 22.5. The van der Waals surface area contributed by atoms with Gasteiger partial charge in [-0.2, -0.15) is 0 Å². The summed E-state index contributed by atoms with van der Waals surface area (Å²) in [4.78, 5) is 25.8. The van der Waals surface area contributed by atoms with Crippen molar-refractivity contribution in [2.45, 2.75) is 96.4 Å². The minimum Gasteiger partial charge on any atom is -0.469 e. The van der Waals surface area contributed by atoms with E-state index in [1.807, 2.05) is 0 Å². The first-order chi connectivity index (χ1) is 12.1. The number of likely N-dealkylation sites (tertiary alicyclic amines) is 1. The second kappa shape index (κ2) is 8.49. The lowest BCUT2D eigenvalue weighted by molar-refractivity contribution is -0.143. The molecule has 0 aliphatic carbocycles. The molecular formula is C19H37NO6Si. The third kappa shape index (κ3) is 6.76. The average Bonchev–Trinajstić information content (AvgIpc) is 2.87. The van der Waals surface area contributed by atoms with E-state index < -0.39 is 38.1 Å². The van der Waals surface area contributed by atoms with E-state index in [0.717, 1.165) is 0 Å². The van der Waals surface area contributed by atoms with Crippen LogP contribution in [-0.2, 0) is 18.7 Å². The summed E-state index contributed by atoms with van der Waals surface area (Å²) < 4.78 is 16.6. The van der Waals surface area contributed by atoms with Gasteiger partial charge >= 0.3 is 12.1 Å². The molecule has 0 spiro atoms. The zero-order valence-electron chi connectivity index (χ0n) is 18.3. The number of aliphatic hydroxyl groups excluding tert-OH is 1. The van der Waals surface area contributed by atoms with Gasteiger partial charge in [-0.3, -0.25) is 9.69 Å². The van der Waals surface area contributed by atoms with Gasteiger partial charge in [0.2, 0.25) is 0 Å². The van der Waals surface area contributed by atoms with Gasteiger partial charge in [0.15, 0.2) is 8.32 Å². The molecule has 0 radical (unpaired) electrons. The van der Waals surface area contributed by atoms with Gasteiger partial charge in [0, 0.05) is 6.54 Å². The van der Waals surface area contributed by atoms with Crippen molar-refractivity contribution < 1.29 is 28.6 Å². The zero-order valence-corrected chi connectivity index (χ0v) is 19.3. The topological polar surface area (TPSA) is 85.3 Å². The number of hydrogen-bond donors (Lipinski definition) is 1. The molecule has 1 aliphatic rings. The van der Waals surface area contributed by atoms with Gasteiger partial charge < -0.3 is 19.0 Å². The lowest BCUT2D eigenvalue weighted by atomic mass is 10.1. The van der Waals surface area contributed by atoms with E-state index in [1.165, 1.54) is 12.0 Å². The SMILES string of the molecule is COC(=O)CC(O)[C@@H]1C[C@@H](O[Si](C)(C)C(C)(C)C)CN1C(=O)OC(C)(C)C. The van der Waals surface area contributed by atoms with Crippen LogP contribution in [0.15, 0.2) is 0 Å². The molecule has 3 atom stereocenters. The standard InChI is InChI=1S/C19H37NO6Si/c1-18(2,3)25-17(23)20-12-13(26-27(8,9)19(4,5)6)10-14(20)15(21)11-16(22)24-7/h13-15,21H,10-12H2,1-9H3/t13-,14+,15?/m1/s1. The number of rotatable bonds is 5. The molecule has 0 saturated carbocycles.